The molecule has 0 spiro atoms. The molecule has 1 heterocycles. The number of nitrogens with zero attached hydrogens (tertiary/aromatic N) is 1. The molecule has 2 aromatic rings. The average molecular weight is 217 g/mol. The molecule has 0 aliphatic rings. The van der Waals surface area contributed by atoms with E-state index in [1.165, 1.54) is 11.3 Å². The van der Waals surface area contributed by atoms with E-state index in [1.54, 1.807) is 10.9 Å². The van der Waals surface area contributed by atoms with Crippen LogP contribution in [0.3, 0.4) is 0 Å². The number of carbonyl (C=O) groups is 1. The third kappa shape index (κ3) is 1.83. The van der Waals surface area contributed by atoms with E-state index >= 15 is 0 Å². The first-order chi connectivity index (χ1) is 7.20. The van der Waals surface area contributed by atoms with Crippen LogP contribution in [0.15, 0.2) is 29.1 Å². The second kappa shape index (κ2) is 3.95. The van der Waals surface area contributed by atoms with Crippen LogP contribution in [0.25, 0.3) is 0 Å². The van der Waals surface area contributed by atoms with Gasteiger partial charge in [0.15, 0.2) is 0 Å². The topological polar surface area (TPSA) is 30.0 Å². The van der Waals surface area contributed by atoms with Crippen molar-refractivity contribution in [2.75, 3.05) is 0 Å². The molecule has 1 aromatic heterocycles. The van der Waals surface area contributed by atoms with Crippen molar-refractivity contribution in [2.45, 2.75) is 13.8 Å². The van der Waals surface area contributed by atoms with Crippen molar-refractivity contribution in [2.24, 2.45) is 0 Å². The Hall–Kier alpha value is -1.48. The van der Waals surface area contributed by atoms with Crippen molar-refractivity contribution < 1.29 is 4.79 Å². The minimum atomic E-state index is 0.0115. The molecule has 0 saturated carbocycles. The largest absolute Gasteiger partial charge is 0.287 e. The Morgan fingerprint density at radius 2 is 2.13 bits per heavy atom. The van der Waals surface area contributed by atoms with Gasteiger partial charge in [0.2, 0.25) is 5.78 Å². The zero-order valence-electron chi connectivity index (χ0n) is 8.65. The first kappa shape index (κ1) is 10.1. The van der Waals surface area contributed by atoms with Crippen molar-refractivity contribution in [1.29, 1.82) is 0 Å². The summed E-state index contributed by atoms with van der Waals surface area (Å²) in [6.07, 6.45) is 0. The van der Waals surface area contributed by atoms with Crippen molar-refractivity contribution in [3.8, 4) is 0 Å². The van der Waals surface area contributed by atoms with Gasteiger partial charge in [0.25, 0.3) is 0 Å². The monoisotopic (exact) mass is 217 g/mol. The number of aromatic nitrogens is 1. The Labute approximate surface area is 92.6 Å². The molecule has 76 valence electrons. The first-order valence-electron chi connectivity index (χ1n) is 4.69. The van der Waals surface area contributed by atoms with Gasteiger partial charge in [-0.15, -0.1) is 11.3 Å². The molecule has 2 rings (SSSR count). The molecule has 0 N–H and O–H groups in total. The summed E-state index contributed by atoms with van der Waals surface area (Å²) in [5.41, 5.74) is 5.14. The van der Waals surface area contributed by atoms with Crippen LogP contribution in [0.1, 0.15) is 27.2 Å². The normalized spacial score (nSPS) is 10.3. The predicted molar refractivity (Wildman–Crippen MR) is 61.5 cm³/mol. The highest BCUT2D eigenvalue weighted by atomic mass is 32.1. The third-order valence-electron chi connectivity index (χ3n) is 2.51. The molecular weight excluding hydrogens is 206 g/mol. The Bertz CT molecular complexity index is 488. The molecule has 0 atom stereocenters. The van der Waals surface area contributed by atoms with Gasteiger partial charge >= 0.3 is 0 Å². The third-order valence-corrected chi connectivity index (χ3v) is 3.10. The molecule has 1 aromatic carbocycles. The molecule has 0 radical (unpaired) electrons. The maximum absolute atomic E-state index is 12.0. The van der Waals surface area contributed by atoms with E-state index < -0.39 is 0 Å². The molecule has 0 aliphatic carbocycles. The van der Waals surface area contributed by atoms with Gasteiger partial charge in [-0.05, 0) is 25.0 Å². The van der Waals surface area contributed by atoms with Gasteiger partial charge in [-0.1, -0.05) is 18.2 Å². The molecular formula is C12H11NOS. The van der Waals surface area contributed by atoms with Gasteiger partial charge in [-0.3, -0.25) is 4.79 Å². The number of ketones is 1. The number of benzene rings is 1. The Kier molecular flexibility index (Phi) is 2.64. The van der Waals surface area contributed by atoms with Crippen LogP contribution in [0, 0.1) is 13.8 Å². The van der Waals surface area contributed by atoms with Gasteiger partial charge in [-0.25, -0.2) is 4.98 Å². The van der Waals surface area contributed by atoms with Crippen LogP contribution < -0.4 is 0 Å². The highest BCUT2D eigenvalue weighted by Gasteiger charge is 2.13. The number of hydrogen-bond acceptors (Lipinski definition) is 3. The van der Waals surface area contributed by atoms with Crippen molar-refractivity contribution >= 4 is 17.1 Å². The Morgan fingerprint density at radius 1 is 1.33 bits per heavy atom. The molecule has 2 nitrogen and oxygen atoms in total. The second-order valence-corrected chi connectivity index (χ2v) is 4.17. The van der Waals surface area contributed by atoms with Gasteiger partial charge in [0, 0.05) is 10.9 Å². The number of hydrogen-bond donors (Lipinski definition) is 0. The fraction of sp³-hybridized carbons (Fsp3) is 0.167. The van der Waals surface area contributed by atoms with E-state index in [2.05, 4.69) is 4.98 Å². The second-order valence-electron chi connectivity index (χ2n) is 3.45. The molecule has 15 heavy (non-hydrogen) atoms. The summed E-state index contributed by atoms with van der Waals surface area (Å²) in [4.78, 5) is 16.1. The van der Waals surface area contributed by atoms with Gasteiger partial charge < -0.3 is 0 Å². The van der Waals surface area contributed by atoms with E-state index in [-0.39, 0.29) is 5.78 Å². The predicted octanol–water partition coefficient (Wildman–Crippen LogP) is 2.99. The standard InChI is InChI=1S/C12H11NOS/c1-8-4-3-5-10(9(8)2)12(14)11-6-15-7-13-11/h3-7H,1-2H3. The molecule has 0 amide bonds. The summed E-state index contributed by atoms with van der Waals surface area (Å²) in [5, 5.41) is 1.78. The van der Waals surface area contributed by atoms with Gasteiger partial charge in [0.05, 0.1) is 5.51 Å². The van der Waals surface area contributed by atoms with E-state index in [0.717, 1.165) is 16.7 Å². The van der Waals surface area contributed by atoms with Crippen LogP contribution in [0.5, 0.6) is 0 Å². The minimum absolute atomic E-state index is 0.0115. The van der Waals surface area contributed by atoms with E-state index in [0.29, 0.717) is 5.69 Å². The SMILES string of the molecule is Cc1cccc(C(=O)c2cscn2)c1C. The van der Waals surface area contributed by atoms with Crippen molar-refractivity contribution in [3.63, 3.8) is 0 Å². The smallest absolute Gasteiger partial charge is 0.212 e. The Balaban J connectivity index is 2.47. The highest BCUT2D eigenvalue weighted by molar-refractivity contribution is 7.07. The van der Waals surface area contributed by atoms with Gasteiger partial charge in [-0.2, -0.15) is 0 Å². The van der Waals surface area contributed by atoms with Crippen molar-refractivity contribution in [1.82, 2.24) is 4.98 Å². The van der Waals surface area contributed by atoms with Crippen LogP contribution in [0.2, 0.25) is 0 Å². The quantitative estimate of drug-likeness (QED) is 0.724. The first-order valence-corrected chi connectivity index (χ1v) is 5.63. The van der Waals surface area contributed by atoms with Crippen LogP contribution in [-0.4, -0.2) is 10.8 Å². The average Bonchev–Trinajstić information content (AvgIpc) is 2.74. The summed E-state index contributed by atoms with van der Waals surface area (Å²) in [6, 6.07) is 5.76. The highest BCUT2D eigenvalue weighted by Crippen LogP contribution is 2.16. The van der Waals surface area contributed by atoms with E-state index in [4.69, 9.17) is 0 Å². The molecule has 0 saturated heterocycles. The molecule has 0 aliphatic heterocycles. The summed E-state index contributed by atoms with van der Waals surface area (Å²) in [5.74, 6) is 0.0115. The lowest BCUT2D eigenvalue weighted by Crippen LogP contribution is -2.04. The minimum Gasteiger partial charge on any atom is -0.287 e. The molecule has 0 fully saturated rings. The lowest BCUT2D eigenvalue weighted by atomic mass is 9.99. The molecule has 0 unspecified atom stereocenters. The number of thiazole rings is 1. The van der Waals surface area contributed by atoms with Crippen LogP contribution in [0.4, 0.5) is 0 Å². The number of rotatable bonds is 2. The molecule has 3 heteroatoms. The zero-order chi connectivity index (χ0) is 10.8. The Morgan fingerprint density at radius 3 is 2.80 bits per heavy atom. The molecule has 0 bridgehead atoms. The lowest BCUT2D eigenvalue weighted by Gasteiger charge is -2.05. The maximum atomic E-state index is 12.0. The summed E-state index contributed by atoms with van der Waals surface area (Å²) in [6.45, 7) is 3.97. The van der Waals surface area contributed by atoms with E-state index in [9.17, 15) is 4.79 Å². The summed E-state index contributed by atoms with van der Waals surface area (Å²) in [7, 11) is 0. The van der Waals surface area contributed by atoms with E-state index in [1.807, 2.05) is 32.0 Å². The van der Waals surface area contributed by atoms with Crippen molar-refractivity contribution in [3.05, 3.63) is 51.5 Å². The number of carbonyl (C=O) groups excluding carboxylic acids is 1. The lowest BCUT2D eigenvalue weighted by molar-refractivity contribution is 0.103. The maximum Gasteiger partial charge on any atom is 0.212 e. The van der Waals surface area contributed by atoms with Gasteiger partial charge in [0.1, 0.15) is 5.69 Å². The fourth-order valence-electron chi connectivity index (χ4n) is 1.46. The number of aryl methyl sites for hydroxylation is 1. The summed E-state index contributed by atoms with van der Waals surface area (Å²) < 4.78 is 0. The van der Waals surface area contributed by atoms with Crippen LogP contribution >= 0.6 is 11.3 Å². The van der Waals surface area contributed by atoms with Crippen LogP contribution in [-0.2, 0) is 0 Å². The fourth-order valence-corrected chi connectivity index (χ4v) is 1.99. The summed E-state index contributed by atoms with van der Waals surface area (Å²) >= 11 is 1.44. The zero-order valence-corrected chi connectivity index (χ0v) is 9.47.